The zero-order valence-corrected chi connectivity index (χ0v) is 24.7. The van der Waals surface area contributed by atoms with Gasteiger partial charge in [-0.1, -0.05) is 44.0 Å². The molecule has 0 aliphatic carbocycles. The number of carbonyl (C=O) groups is 2. The van der Waals surface area contributed by atoms with Crippen LogP contribution >= 0.6 is 0 Å². The minimum absolute atomic E-state index is 0.0199. The molecule has 2 amide bonds. The predicted octanol–water partition coefficient (Wildman–Crippen LogP) is 5.33. The number of aryl methyl sites for hydroxylation is 1. The van der Waals surface area contributed by atoms with E-state index in [1.807, 2.05) is 41.3 Å². The van der Waals surface area contributed by atoms with Crippen LogP contribution in [0.5, 0.6) is 11.5 Å². The van der Waals surface area contributed by atoms with Gasteiger partial charge in [-0.2, -0.15) is 0 Å². The van der Waals surface area contributed by atoms with E-state index in [2.05, 4.69) is 29.3 Å². The van der Waals surface area contributed by atoms with Crippen LogP contribution in [0.2, 0.25) is 0 Å². The summed E-state index contributed by atoms with van der Waals surface area (Å²) in [6, 6.07) is 15.8. The molecule has 2 saturated heterocycles. The molecule has 1 spiro atoms. The van der Waals surface area contributed by atoms with Gasteiger partial charge in [-0.3, -0.25) is 14.5 Å². The van der Waals surface area contributed by atoms with Gasteiger partial charge in [-0.25, -0.2) is 0 Å². The van der Waals surface area contributed by atoms with Gasteiger partial charge in [0.15, 0.2) is 0 Å². The van der Waals surface area contributed by atoms with Crippen LogP contribution in [0.3, 0.4) is 0 Å². The molecule has 222 valence electrons. The highest BCUT2D eigenvalue weighted by Crippen LogP contribution is 2.38. The summed E-state index contributed by atoms with van der Waals surface area (Å²) >= 11 is 0. The SMILES string of the molecule is CC1CCN(CCOc2cccc(C(=O)N3CCC4(CCCCCc5ccccc5OCCNC4=O)CC3)c2)CC1. The van der Waals surface area contributed by atoms with Crippen molar-refractivity contribution in [1.29, 1.82) is 0 Å². The van der Waals surface area contributed by atoms with Crippen LogP contribution in [-0.2, 0) is 11.2 Å². The van der Waals surface area contributed by atoms with E-state index < -0.39 is 5.41 Å². The standard InChI is InChI=1S/C34H47N3O4/c1-27-13-19-36(20-14-27)23-25-40-30-11-7-10-29(26-30)32(38)37-21-16-34(17-22-37)15-6-2-3-8-28-9-4-5-12-31(28)41-24-18-35-33(34)39/h4-5,7,9-12,26-27H,2-3,6,8,13-25H2,1H3,(H,35,39). The van der Waals surface area contributed by atoms with Crippen molar-refractivity contribution in [3.8, 4) is 11.5 Å². The Hall–Kier alpha value is -3.06. The molecule has 7 nitrogen and oxygen atoms in total. The maximum atomic E-state index is 13.5. The molecule has 3 aliphatic rings. The molecule has 7 heteroatoms. The first-order chi connectivity index (χ1) is 20.0. The number of hydrogen-bond acceptors (Lipinski definition) is 5. The number of likely N-dealkylation sites (tertiary alicyclic amines) is 2. The normalized spacial score (nSPS) is 21.0. The van der Waals surface area contributed by atoms with E-state index in [4.69, 9.17) is 9.47 Å². The van der Waals surface area contributed by atoms with Gasteiger partial charge >= 0.3 is 0 Å². The molecule has 2 aromatic rings. The zero-order chi connectivity index (χ0) is 28.5. The molecule has 0 atom stereocenters. The fraction of sp³-hybridized carbons (Fsp3) is 0.588. The molecule has 0 aromatic heterocycles. The fourth-order valence-electron chi connectivity index (χ4n) is 6.53. The summed E-state index contributed by atoms with van der Waals surface area (Å²) in [7, 11) is 0. The molecule has 3 aliphatic heterocycles. The Morgan fingerprint density at radius 1 is 1.00 bits per heavy atom. The smallest absolute Gasteiger partial charge is 0.253 e. The second-order valence-electron chi connectivity index (χ2n) is 12.2. The third-order valence-corrected chi connectivity index (χ3v) is 9.34. The van der Waals surface area contributed by atoms with Gasteiger partial charge in [-0.15, -0.1) is 0 Å². The summed E-state index contributed by atoms with van der Waals surface area (Å²) in [4.78, 5) is 31.3. The quantitative estimate of drug-likeness (QED) is 0.534. The molecule has 41 heavy (non-hydrogen) atoms. The highest BCUT2D eigenvalue weighted by atomic mass is 16.5. The fourth-order valence-corrected chi connectivity index (χ4v) is 6.53. The lowest BCUT2D eigenvalue weighted by Crippen LogP contribution is -2.50. The number of amides is 2. The van der Waals surface area contributed by atoms with Gasteiger partial charge in [0, 0.05) is 25.2 Å². The van der Waals surface area contributed by atoms with Crippen molar-refractivity contribution in [2.45, 2.75) is 64.7 Å². The predicted molar refractivity (Wildman–Crippen MR) is 161 cm³/mol. The average molecular weight is 562 g/mol. The first-order valence-electron chi connectivity index (χ1n) is 15.8. The van der Waals surface area contributed by atoms with Crippen molar-refractivity contribution < 1.29 is 19.1 Å². The monoisotopic (exact) mass is 561 g/mol. The van der Waals surface area contributed by atoms with Crippen LogP contribution in [0.4, 0.5) is 0 Å². The van der Waals surface area contributed by atoms with Gasteiger partial charge in [-0.05, 0) is 93.8 Å². The van der Waals surface area contributed by atoms with Crippen LogP contribution in [0.15, 0.2) is 48.5 Å². The number of carbonyl (C=O) groups excluding carboxylic acids is 2. The Labute approximate surface area is 245 Å². The molecule has 2 fully saturated rings. The van der Waals surface area contributed by atoms with Crippen molar-refractivity contribution in [2.75, 3.05) is 52.5 Å². The zero-order valence-electron chi connectivity index (χ0n) is 24.7. The van der Waals surface area contributed by atoms with Crippen LogP contribution < -0.4 is 14.8 Å². The Morgan fingerprint density at radius 3 is 2.63 bits per heavy atom. The Morgan fingerprint density at radius 2 is 1.80 bits per heavy atom. The lowest BCUT2D eigenvalue weighted by Gasteiger charge is -2.41. The maximum absolute atomic E-state index is 13.5. The van der Waals surface area contributed by atoms with E-state index in [0.717, 1.165) is 69.2 Å². The lowest BCUT2D eigenvalue weighted by atomic mass is 9.73. The number of para-hydroxylation sites is 1. The number of nitrogens with zero attached hydrogens (tertiary/aromatic N) is 2. The third kappa shape index (κ3) is 7.82. The average Bonchev–Trinajstić information content (AvgIpc) is 3.01. The van der Waals surface area contributed by atoms with Gasteiger partial charge in [0.2, 0.25) is 5.91 Å². The largest absolute Gasteiger partial charge is 0.492 e. The summed E-state index contributed by atoms with van der Waals surface area (Å²) in [6.45, 7) is 8.27. The molecule has 5 rings (SSSR count). The topological polar surface area (TPSA) is 71.1 Å². The van der Waals surface area contributed by atoms with E-state index in [0.29, 0.717) is 51.3 Å². The van der Waals surface area contributed by atoms with E-state index in [1.54, 1.807) is 0 Å². The summed E-state index contributed by atoms with van der Waals surface area (Å²) in [5.74, 6) is 2.62. The first kappa shape index (κ1) is 29.4. The van der Waals surface area contributed by atoms with Crippen molar-refractivity contribution >= 4 is 11.8 Å². The van der Waals surface area contributed by atoms with Crippen molar-refractivity contribution in [2.24, 2.45) is 11.3 Å². The molecular formula is C34H47N3O4. The molecular weight excluding hydrogens is 514 g/mol. The van der Waals surface area contributed by atoms with Gasteiger partial charge in [0.05, 0.1) is 12.0 Å². The first-order valence-corrected chi connectivity index (χ1v) is 15.8. The summed E-state index contributed by atoms with van der Waals surface area (Å²) in [5, 5.41) is 3.15. The number of ether oxygens (including phenoxy) is 2. The molecule has 0 bridgehead atoms. The minimum atomic E-state index is -0.422. The van der Waals surface area contributed by atoms with Crippen molar-refractivity contribution in [3.05, 3.63) is 59.7 Å². The number of nitrogens with one attached hydrogen (secondary N) is 1. The molecule has 3 heterocycles. The molecule has 0 saturated carbocycles. The van der Waals surface area contributed by atoms with Crippen LogP contribution in [-0.4, -0.2) is 74.1 Å². The van der Waals surface area contributed by atoms with E-state index in [1.165, 1.54) is 18.4 Å². The highest BCUT2D eigenvalue weighted by molar-refractivity contribution is 5.95. The lowest BCUT2D eigenvalue weighted by molar-refractivity contribution is -0.134. The van der Waals surface area contributed by atoms with E-state index in [9.17, 15) is 9.59 Å². The van der Waals surface area contributed by atoms with Gasteiger partial charge in [0.1, 0.15) is 24.7 Å². The summed E-state index contributed by atoms with van der Waals surface area (Å²) in [5.41, 5.74) is 1.47. The van der Waals surface area contributed by atoms with Crippen LogP contribution in [0, 0.1) is 11.3 Å². The number of benzene rings is 2. The number of piperidine rings is 2. The second kappa shape index (κ2) is 14.2. The highest BCUT2D eigenvalue weighted by Gasteiger charge is 2.41. The Kier molecular flexibility index (Phi) is 10.2. The number of rotatable bonds is 5. The minimum Gasteiger partial charge on any atom is -0.492 e. The van der Waals surface area contributed by atoms with Crippen molar-refractivity contribution in [1.82, 2.24) is 15.1 Å². The molecule has 1 N–H and O–H groups in total. The van der Waals surface area contributed by atoms with Gasteiger partial charge < -0.3 is 19.7 Å². The Balaban J connectivity index is 1.13. The summed E-state index contributed by atoms with van der Waals surface area (Å²) < 4.78 is 12.0. The maximum Gasteiger partial charge on any atom is 0.253 e. The third-order valence-electron chi connectivity index (χ3n) is 9.34. The number of fused-ring (bicyclic) bond motifs is 1. The summed E-state index contributed by atoms with van der Waals surface area (Å²) in [6.07, 6.45) is 8.93. The van der Waals surface area contributed by atoms with E-state index in [-0.39, 0.29) is 11.8 Å². The van der Waals surface area contributed by atoms with Crippen molar-refractivity contribution in [3.63, 3.8) is 0 Å². The molecule has 0 radical (unpaired) electrons. The van der Waals surface area contributed by atoms with Crippen LogP contribution in [0.1, 0.15) is 74.2 Å². The molecule has 2 aromatic carbocycles. The Bertz CT molecular complexity index is 1150. The second-order valence-corrected chi connectivity index (χ2v) is 12.2. The molecule has 0 unspecified atom stereocenters. The van der Waals surface area contributed by atoms with Gasteiger partial charge in [0.25, 0.3) is 5.91 Å². The van der Waals surface area contributed by atoms with E-state index >= 15 is 0 Å². The number of hydrogen-bond donors (Lipinski definition) is 1. The van der Waals surface area contributed by atoms with Crippen LogP contribution in [0.25, 0.3) is 0 Å².